The van der Waals surface area contributed by atoms with Crippen LogP contribution < -0.4 is 15.5 Å². The topological polar surface area (TPSA) is 118 Å². The van der Waals surface area contributed by atoms with E-state index in [0.29, 0.717) is 10.9 Å². The van der Waals surface area contributed by atoms with Crippen LogP contribution in [-0.4, -0.2) is 58.7 Å². The van der Waals surface area contributed by atoms with Gasteiger partial charge in [-0.2, -0.15) is 18.5 Å². The van der Waals surface area contributed by atoms with Gasteiger partial charge < -0.3 is 15.5 Å². The Bertz CT molecular complexity index is 1690. The number of hydrogen-bond acceptors (Lipinski definition) is 9. The Morgan fingerprint density at radius 3 is 2.64 bits per heavy atom. The Labute approximate surface area is 208 Å². The number of hydrogen-bond donors (Lipinski definition) is 2. The van der Waals surface area contributed by atoms with Gasteiger partial charge in [0.05, 0.1) is 17.1 Å². The van der Waals surface area contributed by atoms with E-state index >= 15 is 0 Å². The minimum atomic E-state index is -4.05. The number of benzene rings is 2. The zero-order valence-corrected chi connectivity index (χ0v) is 20.4. The molecular weight excluding hydrogens is 476 g/mol. The average molecular weight is 501 g/mol. The molecule has 5 aromatic rings. The van der Waals surface area contributed by atoms with Crippen LogP contribution in [0.5, 0.6) is 0 Å². The molecule has 0 radical (unpaired) electrons. The van der Waals surface area contributed by atoms with Gasteiger partial charge in [0, 0.05) is 55.3 Å². The molecule has 1 fully saturated rings. The minimum absolute atomic E-state index is 0.0675. The van der Waals surface area contributed by atoms with Crippen molar-refractivity contribution >= 4 is 49.3 Å². The summed E-state index contributed by atoms with van der Waals surface area (Å²) >= 11 is 0. The lowest BCUT2D eigenvalue weighted by molar-refractivity contribution is 0.582. The van der Waals surface area contributed by atoms with E-state index in [1.807, 2.05) is 24.3 Å². The third-order valence-corrected chi connectivity index (χ3v) is 7.90. The van der Waals surface area contributed by atoms with E-state index < -0.39 is 10.0 Å². The molecule has 1 saturated heterocycles. The molecule has 10 nitrogen and oxygen atoms in total. The molecule has 2 N–H and O–H groups in total. The number of aryl methyl sites for hydroxylation is 1. The fourth-order valence-corrected chi connectivity index (χ4v) is 5.93. The molecule has 11 heteroatoms. The maximum Gasteiger partial charge on any atom is 0.287 e. The van der Waals surface area contributed by atoms with Crippen molar-refractivity contribution < 1.29 is 8.42 Å². The highest BCUT2D eigenvalue weighted by Crippen LogP contribution is 2.27. The number of nitrogens with one attached hydrogen (secondary N) is 2. The van der Waals surface area contributed by atoms with Gasteiger partial charge in [-0.1, -0.05) is 18.2 Å². The Balaban J connectivity index is 1.34. The van der Waals surface area contributed by atoms with Crippen molar-refractivity contribution in [2.45, 2.75) is 11.8 Å². The van der Waals surface area contributed by atoms with Crippen molar-refractivity contribution in [2.24, 2.45) is 0 Å². The zero-order valence-electron chi connectivity index (χ0n) is 19.6. The number of nitrogens with zero attached hydrogens (tertiary/aromatic N) is 6. The molecule has 182 valence electrons. The van der Waals surface area contributed by atoms with E-state index in [4.69, 9.17) is 0 Å². The maximum atomic E-state index is 13.6. The lowest BCUT2D eigenvalue weighted by atomic mass is 10.1. The second-order valence-electron chi connectivity index (χ2n) is 8.66. The van der Waals surface area contributed by atoms with E-state index in [1.54, 1.807) is 24.5 Å². The summed E-state index contributed by atoms with van der Waals surface area (Å²) in [6, 6.07) is 14.7. The largest absolute Gasteiger partial charge is 0.369 e. The van der Waals surface area contributed by atoms with Crippen LogP contribution in [0.3, 0.4) is 0 Å². The molecule has 2 aromatic carbocycles. The number of para-hydroxylation sites is 1. The number of aromatic nitrogens is 5. The highest BCUT2D eigenvalue weighted by molar-refractivity contribution is 7.90. The fraction of sp³-hybridized carbons (Fsp3) is 0.200. The third-order valence-electron chi connectivity index (χ3n) is 6.29. The van der Waals surface area contributed by atoms with Crippen molar-refractivity contribution in [2.75, 3.05) is 36.4 Å². The molecule has 3 aromatic heterocycles. The molecule has 0 amide bonds. The first-order chi connectivity index (χ1) is 17.5. The minimum Gasteiger partial charge on any atom is -0.369 e. The Morgan fingerprint density at radius 2 is 1.81 bits per heavy atom. The highest BCUT2D eigenvalue weighted by atomic mass is 32.2. The van der Waals surface area contributed by atoms with Gasteiger partial charge in [-0.05, 0) is 42.8 Å². The van der Waals surface area contributed by atoms with Crippen LogP contribution in [-0.2, 0) is 10.0 Å². The molecule has 1 aliphatic rings. The molecule has 4 heterocycles. The van der Waals surface area contributed by atoms with E-state index in [0.717, 1.165) is 46.9 Å². The summed E-state index contributed by atoms with van der Waals surface area (Å²) in [5, 5.41) is 12.0. The Hall–Kier alpha value is -4.09. The lowest BCUT2D eigenvalue weighted by Crippen LogP contribution is -2.43. The van der Waals surface area contributed by atoms with Gasteiger partial charge in [-0.3, -0.25) is 4.98 Å². The van der Waals surface area contributed by atoms with Gasteiger partial charge in [-0.25, -0.2) is 4.98 Å². The van der Waals surface area contributed by atoms with Crippen LogP contribution in [0.4, 0.5) is 17.3 Å². The van der Waals surface area contributed by atoms with Crippen LogP contribution in [0.1, 0.15) is 5.56 Å². The van der Waals surface area contributed by atoms with Gasteiger partial charge >= 0.3 is 0 Å². The van der Waals surface area contributed by atoms with Crippen LogP contribution >= 0.6 is 0 Å². The van der Waals surface area contributed by atoms with Crippen molar-refractivity contribution in [3.63, 3.8) is 0 Å². The van der Waals surface area contributed by atoms with Crippen molar-refractivity contribution in [3.05, 3.63) is 72.7 Å². The highest BCUT2D eigenvalue weighted by Gasteiger charge is 2.24. The molecular formula is C25H24N8O2S. The van der Waals surface area contributed by atoms with Gasteiger partial charge in [-0.15, -0.1) is 4.09 Å². The predicted octanol–water partition coefficient (Wildman–Crippen LogP) is 3.07. The lowest BCUT2D eigenvalue weighted by Gasteiger charge is -2.30. The molecule has 0 atom stereocenters. The summed E-state index contributed by atoms with van der Waals surface area (Å²) < 4.78 is 28.1. The summed E-state index contributed by atoms with van der Waals surface area (Å²) in [7, 11) is -4.05. The normalized spacial score (nSPS) is 14.4. The van der Waals surface area contributed by atoms with E-state index in [1.165, 1.54) is 18.0 Å². The van der Waals surface area contributed by atoms with E-state index in [9.17, 15) is 8.42 Å². The summed E-state index contributed by atoms with van der Waals surface area (Å²) in [4.78, 5) is 15.6. The maximum absolute atomic E-state index is 13.6. The number of rotatable bonds is 5. The van der Waals surface area contributed by atoms with Crippen LogP contribution in [0.15, 0.2) is 72.0 Å². The van der Waals surface area contributed by atoms with Gasteiger partial charge in [0.2, 0.25) is 5.95 Å². The van der Waals surface area contributed by atoms with Crippen molar-refractivity contribution in [1.82, 2.24) is 29.5 Å². The summed E-state index contributed by atoms with van der Waals surface area (Å²) in [5.74, 6) is 0.282. The zero-order chi connectivity index (χ0) is 24.7. The van der Waals surface area contributed by atoms with Crippen molar-refractivity contribution in [3.8, 4) is 0 Å². The summed E-state index contributed by atoms with van der Waals surface area (Å²) in [6.45, 7) is 5.96. The number of anilines is 3. The molecule has 0 spiro atoms. The fourth-order valence-electron chi connectivity index (χ4n) is 4.53. The average Bonchev–Trinajstić information content (AvgIpc) is 3.33. The third kappa shape index (κ3) is 3.91. The monoisotopic (exact) mass is 500 g/mol. The molecule has 1 aliphatic heterocycles. The van der Waals surface area contributed by atoms with Gasteiger partial charge in [0.1, 0.15) is 4.90 Å². The smallest absolute Gasteiger partial charge is 0.287 e. The van der Waals surface area contributed by atoms with Gasteiger partial charge in [0.25, 0.3) is 10.0 Å². The summed E-state index contributed by atoms with van der Waals surface area (Å²) in [6.07, 6.45) is 4.58. The second kappa shape index (κ2) is 8.85. The molecule has 0 bridgehead atoms. The first-order valence-electron chi connectivity index (χ1n) is 11.6. The second-order valence-corrected chi connectivity index (χ2v) is 10.4. The van der Waals surface area contributed by atoms with Crippen LogP contribution in [0, 0.1) is 6.92 Å². The SMILES string of the molecule is Cc1cc(Nc2ncc3cnn(S(=O)(=O)c4cccc5cccnc45)c3n2)ccc1N1CCNCC1. The van der Waals surface area contributed by atoms with E-state index in [-0.39, 0.29) is 16.5 Å². The number of piperazine rings is 1. The first-order valence-corrected chi connectivity index (χ1v) is 13.1. The van der Waals surface area contributed by atoms with Crippen molar-refractivity contribution in [1.29, 1.82) is 0 Å². The van der Waals surface area contributed by atoms with Crippen LogP contribution in [0.25, 0.3) is 21.9 Å². The standard InChI is InChI=1S/C25H24N8O2S/c1-17-14-20(7-8-21(17)32-12-10-26-11-13-32)30-25-28-15-19-16-29-33(24(19)31-25)36(34,35)22-6-2-4-18-5-3-9-27-23(18)22/h2-9,14-16,26H,10-13H2,1H3,(H,28,30,31). The molecule has 0 unspecified atom stereocenters. The quantitative estimate of drug-likeness (QED) is 0.375. The molecule has 36 heavy (non-hydrogen) atoms. The molecule has 0 saturated carbocycles. The summed E-state index contributed by atoms with van der Waals surface area (Å²) in [5.41, 5.74) is 3.73. The van der Waals surface area contributed by atoms with E-state index in [2.05, 4.69) is 48.6 Å². The molecule has 0 aliphatic carbocycles. The Morgan fingerprint density at radius 1 is 0.972 bits per heavy atom. The Kier molecular flexibility index (Phi) is 5.50. The first kappa shape index (κ1) is 22.4. The van der Waals surface area contributed by atoms with Crippen LogP contribution in [0.2, 0.25) is 0 Å². The molecule has 6 rings (SSSR count). The van der Waals surface area contributed by atoms with Gasteiger partial charge in [0.15, 0.2) is 5.65 Å². The number of fused-ring (bicyclic) bond motifs is 2. The predicted molar refractivity (Wildman–Crippen MR) is 139 cm³/mol. The number of pyridine rings is 1.